The Morgan fingerprint density at radius 2 is 2.20 bits per heavy atom. The van der Waals surface area contributed by atoms with E-state index >= 15 is 0 Å². The lowest BCUT2D eigenvalue weighted by Gasteiger charge is -1.96. The van der Waals surface area contributed by atoms with E-state index in [0.29, 0.717) is 22.4 Å². The van der Waals surface area contributed by atoms with Crippen molar-refractivity contribution in [3.63, 3.8) is 0 Å². The zero-order valence-corrected chi connectivity index (χ0v) is 7.52. The maximum Gasteiger partial charge on any atom is 0.236 e. The van der Waals surface area contributed by atoms with Crippen molar-refractivity contribution >= 4 is 17.7 Å². The molecule has 0 atom stereocenters. The molecule has 0 N–H and O–H groups in total. The molecule has 0 amide bonds. The van der Waals surface area contributed by atoms with Gasteiger partial charge in [-0.15, -0.1) is 0 Å². The summed E-state index contributed by atoms with van der Waals surface area (Å²) in [5.74, 6) is 0.387. The van der Waals surface area contributed by atoms with Crippen molar-refractivity contribution in [3.8, 4) is 0 Å². The molecule has 2 aromatic rings. The molecule has 15 heavy (non-hydrogen) atoms. The van der Waals surface area contributed by atoms with Gasteiger partial charge in [-0.3, -0.25) is 9.78 Å². The van der Waals surface area contributed by atoms with E-state index in [4.69, 9.17) is 4.42 Å². The molecule has 1 aliphatic carbocycles. The molecule has 70 valence electrons. The molecule has 0 radical (unpaired) electrons. The molecule has 3 aliphatic rings. The lowest BCUT2D eigenvalue weighted by molar-refractivity contribution is 0.106. The summed E-state index contributed by atoms with van der Waals surface area (Å²) in [6, 6.07) is 3.77. The second-order valence-electron chi connectivity index (χ2n) is 3.52. The molecule has 0 saturated carbocycles. The molecular weight excluding hydrogens is 192 g/mol. The number of furan rings is 1. The number of hydrogen-bond donors (Lipinski definition) is 0. The highest BCUT2D eigenvalue weighted by atomic mass is 16.4. The molecule has 2 bridgehead atoms. The number of fused-ring (bicyclic) bond motifs is 1. The number of rotatable bonds is 0. The second kappa shape index (κ2) is 2.06. The Kier molecular flexibility index (Phi) is 0.975. The minimum absolute atomic E-state index is 0.0672. The Bertz CT molecular complexity index is 830. The molecule has 2 aliphatic heterocycles. The number of ketones is 1. The summed E-state index contributed by atoms with van der Waals surface area (Å²) in [4.78, 5) is 20.0. The van der Waals surface area contributed by atoms with Crippen LogP contribution in [-0.2, 0) is 0 Å². The third-order valence-electron chi connectivity index (χ3n) is 2.70. The van der Waals surface area contributed by atoms with Gasteiger partial charge < -0.3 is 4.42 Å². The first-order chi connectivity index (χ1) is 7.34. The lowest BCUT2D eigenvalue weighted by atomic mass is 10.1. The standard InChI is InChI=1S/C11H4N2O2/c14-7-4-6-5(2-1-3-12-6)8-9(7)11-13-10(8)15-11/h1-4H. The van der Waals surface area contributed by atoms with E-state index < -0.39 is 0 Å². The van der Waals surface area contributed by atoms with Crippen molar-refractivity contribution in [3.05, 3.63) is 45.2 Å². The van der Waals surface area contributed by atoms with Crippen LogP contribution in [0.5, 0.6) is 0 Å². The highest BCUT2D eigenvalue weighted by molar-refractivity contribution is 6.20. The number of carbonyl (C=O) groups excluding carboxylic acids is 1. The molecule has 0 spiro atoms. The van der Waals surface area contributed by atoms with Crippen LogP contribution in [0, 0.1) is 10.4 Å². The van der Waals surface area contributed by atoms with Crippen LogP contribution in [0.1, 0.15) is 10.4 Å². The van der Waals surface area contributed by atoms with E-state index in [-0.39, 0.29) is 5.78 Å². The van der Waals surface area contributed by atoms with Crippen molar-refractivity contribution in [1.82, 2.24) is 4.98 Å². The Morgan fingerprint density at radius 3 is 3.07 bits per heavy atom. The zero-order valence-electron chi connectivity index (χ0n) is 7.52. The van der Waals surface area contributed by atoms with Gasteiger partial charge in [-0.1, -0.05) is 6.07 Å². The summed E-state index contributed by atoms with van der Waals surface area (Å²) in [7, 11) is 0. The molecule has 0 fully saturated rings. The smallest absolute Gasteiger partial charge is 0.236 e. The van der Waals surface area contributed by atoms with E-state index in [1.54, 1.807) is 6.20 Å². The first-order valence-electron chi connectivity index (χ1n) is 4.57. The fraction of sp³-hybridized carbons (Fsp3) is 0. The first-order valence-corrected chi connectivity index (χ1v) is 4.57. The predicted octanol–water partition coefficient (Wildman–Crippen LogP) is 0.203. The Balaban J connectivity index is 2.52. The normalized spacial score (nSPS) is 14.5. The molecule has 0 unspecified atom stereocenters. The number of nitrogens with zero attached hydrogens (tertiary/aromatic N) is 2. The first kappa shape index (κ1) is 7.11. The average molecular weight is 196 g/mol. The van der Waals surface area contributed by atoms with Gasteiger partial charge in [0, 0.05) is 17.5 Å². The summed E-state index contributed by atoms with van der Waals surface area (Å²) in [5.41, 5.74) is 1.14. The van der Waals surface area contributed by atoms with Crippen molar-refractivity contribution in [1.29, 1.82) is 0 Å². The number of Topliss-reactive ketones (excluding diaryl/α,β-unsaturated/α-hetero) is 1. The maximum absolute atomic E-state index is 11.7. The van der Waals surface area contributed by atoms with Gasteiger partial charge in [0.1, 0.15) is 0 Å². The average Bonchev–Trinajstić information content (AvgIpc) is 2.71. The Morgan fingerprint density at radius 1 is 1.33 bits per heavy atom. The van der Waals surface area contributed by atoms with Gasteiger partial charge >= 0.3 is 0 Å². The second-order valence-corrected chi connectivity index (χ2v) is 3.52. The fourth-order valence-corrected chi connectivity index (χ4v) is 2.04. The maximum atomic E-state index is 11.7. The van der Waals surface area contributed by atoms with Gasteiger partial charge in [-0.25, -0.2) is 0 Å². The number of aromatic nitrogens is 1. The van der Waals surface area contributed by atoms with Crippen LogP contribution in [-0.4, -0.2) is 10.8 Å². The van der Waals surface area contributed by atoms with Gasteiger partial charge in [0.2, 0.25) is 11.4 Å². The van der Waals surface area contributed by atoms with Gasteiger partial charge in [-0.2, -0.15) is 4.99 Å². The van der Waals surface area contributed by atoms with Crippen molar-refractivity contribution in [2.24, 2.45) is 4.99 Å². The van der Waals surface area contributed by atoms with Crippen LogP contribution < -0.4 is 10.9 Å². The summed E-state index contributed by atoms with van der Waals surface area (Å²) in [6.45, 7) is 0. The van der Waals surface area contributed by atoms with Gasteiger partial charge in [0.25, 0.3) is 0 Å². The quantitative estimate of drug-likeness (QED) is 0.516. The predicted molar refractivity (Wildman–Crippen MR) is 49.9 cm³/mol. The molecule has 0 saturated heterocycles. The summed E-state index contributed by atoms with van der Waals surface area (Å²) in [5, 5.41) is 2.43. The lowest BCUT2D eigenvalue weighted by Crippen LogP contribution is -2.17. The zero-order chi connectivity index (χ0) is 9.99. The van der Waals surface area contributed by atoms with Gasteiger partial charge in [0.15, 0.2) is 5.78 Å². The van der Waals surface area contributed by atoms with Crippen LogP contribution in [0.15, 0.2) is 27.7 Å². The van der Waals surface area contributed by atoms with E-state index in [0.717, 1.165) is 10.4 Å². The van der Waals surface area contributed by atoms with Gasteiger partial charge in [0.05, 0.1) is 16.1 Å². The SMILES string of the molecule is O=C1C=c2ncccc2=c2c1c1oc2=N1. The van der Waals surface area contributed by atoms with Crippen molar-refractivity contribution < 1.29 is 9.21 Å². The van der Waals surface area contributed by atoms with Crippen LogP contribution in [0.25, 0.3) is 6.08 Å². The van der Waals surface area contributed by atoms with Crippen LogP contribution in [0.2, 0.25) is 0 Å². The highest BCUT2D eigenvalue weighted by Crippen LogP contribution is 2.26. The topological polar surface area (TPSA) is 55.5 Å². The largest absolute Gasteiger partial charge is 0.419 e. The van der Waals surface area contributed by atoms with E-state index in [1.807, 2.05) is 12.1 Å². The van der Waals surface area contributed by atoms with Crippen LogP contribution in [0.3, 0.4) is 0 Å². The third-order valence-corrected chi connectivity index (χ3v) is 2.70. The summed E-state index contributed by atoms with van der Waals surface area (Å²) in [6.07, 6.45) is 3.20. The molecule has 0 aromatic carbocycles. The minimum Gasteiger partial charge on any atom is -0.419 e. The Labute approximate surface area is 82.9 Å². The third kappa shape index (κ3) is 0.676. The van der Waals surface area contributed by atoms with Crippen molar-refractivity contribution in [2.75, 3.05) is 0 Å². The number of pyridine rings is 1. The summed E-state index contributed by atoms with van der Waals surface area (Å²) >= 11 is 0. The Hall–Kier alpha value is -2.23. The molecule has 5 rings (SSSR count). The van der Waals surface area contributed by atoms with Gasteiger partial charge in [-0.05, 0) is 6.07 Å². The summed E-state index contributed by atoms with van der Waals surface area (Å²) < 4.78 is 5.25. The fourth-order valence-electron chi connectivity index (χ4n) is 2.04. The molecule has 4 heteroatoms. The molecular formula is C11H4N2O2. The van der Waals surface area contributed by atoms with Crippen LogP contribution in [0.4, 0.5) is 5.88 Å². The molecule has 4 heterocycles. The molecule has 4 nitrogen and oxygen atoms in total. The monoisotopic (exact) mass is 196 g/mol. The minimum atomic E-state index is -0.0672. The van der Waals surface area contributed by atoms with E-state index in [2.05, 4.69) is 9.98 Å². The van der Waals surface area contributed by atoms with Crippen LogP contribution >= 0.6 is 0 Å². The molecule has 2 aromatic heterocycles. The number of hydrogen-bond acceptors (Lipinski definition) is 4. The van der Waals surface area contributed by atoms with Crippen molar-refractivity contribution in [2.45, 2.75) is 0 Å². The van der Waals surface area contributed by atoms with E-state index in [9.17, 15) is 4.79 Å². The number of carbonyl (C=O) groups is 1. The van der Waals surface area contributed by atoms with E-state index in [1.165, 1.54) is 6.08 Å². The highest BCUT2D eigenvalue weighted by Gasteiger charge is 2.26.